The van der Waals surface area contributed by atoms with Crippen LogP contribution in [0.5, 0.6) is 0 Å². The zero-order chi connectivity index (χ0) is 15.2. The molecule has 116 valence electrons. The Morgan fingerprint density at radius 2 is 2.38 bits per heavy atom. The van der Waals surface area contributed by atoms with Gasteiger partial charge in [0.2, 0.25) is 0 Å². The standard InChI is InChI=1S/C16H25N3O2/c1-12(17)14-6-3-7-15(9-14)18-16(20)19(2)10-13-5-4-8-21-11-13/h3,6-7,9,12-13H,4-5,8,10-11,17H2,1-2H3,(H,18,20). The molecule has 0 bridgehead atoms. The highest BCUT2D eigenvalue weighted by molar-refractivity contribution is 5.89. The molecule has 1 heterocycles. The van der Waals surface area contributed by atoms with Gasteiger partial charge in [0, 0.05) is 37.8 Å². The van der Waals surface area contributed by atoms with Gasteiger partial charge in [-0.2, -0.15) is 0 Å². The number of hydrogen-bond acceptors (Lipinski definition) is 3. The first-order chi connectivity index (χ1) is 10.1. The quantitative estimate of drug-likeness (QED) is 0.896. The van der Waals surface area contributed by atoms with Crippen molar-refractivity contribution in [2.75, 3.05) is 32.1 Å². The molecule has 1 fully saturated rings. The Bertz CT molecular complexity index is 470. The molecule has 0 saturated carbocycles. The van der Waals surface area contributed by atoms with Gasteiger partial charge in [0.05, 0.1) is 6.61 Å². The molecule has 1 aliphatic heterocycles. The number of rotatable bonds is 4. The van der Waals surface area contributed by atoms with Gasteiger partial charge in [-0.25, -0.2) is 4.79 Å². The lowest BCUT2D eigenvalue weighted by molar-refractivity contribution is 0.0464. The number of benzene rings is 1. The number of hydrogen-bond donors (Lipinski definition) is 2. The van der Waals surface area contributed by atoms with Crippen molar-refractivity contribution in [2.45, 2.75) is 25.8 Å². The molecule has 5 nitrogen and oxygen atoms in total. The number of carbonyl (C=O) groups excluding carboxylic acids is 1. The summed E-state index contributed by atoms with van der Waals surface area (Å²) in [4.78, 5) is 13.9. The molecule has 2 amide bonds. The van der Waals surface area contributed by atoms with Crippen LogP contribution >= 0.6 is 0 Å². The first-order valence-corrected chi connectivity index (χ1v) is 7.51. The lowest BCUT2D eigenvalue weighted by Gasteiger charge is -2.27. The number of nitrogens with one attached hydrogen (secondary N) is 1. The fourth-order valence-electron chi connectivity index (χ4n) is 2.54. The highest BCUT2D eigenvalue weighted by Crippen LogP contribution is 2.17. The van der Waals surface area contributed by atoms with Gasteiger partial charge in [-0.15, -0.1) is 0 Å². The third-order valence-corrected chi connectivity index (χ3v) is 3.80. The summed E-state index contributed by atoms with van der Waals surface area (Å²) in [5.74, 6) is 0.435. The van der Waals surface area contributed by atoms with Gasteiger partial charge in [-0.3, -0.25) is 0 Å². The molecule has 1 aromatic rings. The van der Waals surface area contributed by atoms with Gasteiger partial charge >= 0.3 is 6.03 Å². The molecule has 2 unspecified atom stereocenters. The maximum Gasteiger partial charge on any atom is 0.321 e. The molecule has 0 radical (unpaired) electrons. The van der Waals surface area contributed by atoms with Crippen molar-refractivity contribution in [3.63, 3.8) is 0 Å². The van der Waals surface area contributed by atoms with Gasteiger partial charge in [-0.05, 0) is 37.5 Å². The number of ether oxygens (including phenoxy) is 1. The van der Waals surface area contributed by atoms with Crippen LogP contribution in [-0.2, 0) is 4.74 Å². The molecule has 0 spiro atoms. The van der Waals surface area contributed by atoms with Gasteiger partial charge in [-0.1, -0.05) is 12.1 Å². The van der Waals surface area contributed by atoms with E-state index in [0.29, 0.717) is 5.92 Å². The predicted octanol–water partition coefficient (Wildman–Crippen LogP) is 2.60. The Hall–Kier alpha value is -1.59. The lowest BCUT2D eigenvalue weighted by Crippen LogP contribution is -2.37. The van der Waals surface area contributed by atoms with Crippen LogP contribution in [0.4, 0.5) is 10.5 Å². The summed E-state index contributed by atoms with van der Waals surface area (Å²) >= 11 is 0. The predicted molar refractivity (Wildman–Crippen MR) is 84.2 cm³/mol. The molecule has 0 aliphatic carbocycles. The largest absolute Gasteiger partial charge is 0.381 e. The first kappa shape index (κ1) is 15.8. The zero-order valence-electron chi connectivity index (χ0n) is 12.8. The van der Waals surface area contributed by atoms with Crippen LogP contribution in [0.2, 0.25) is 0 Å². The van der Waals surface area contributed by atoms with Crippen LogP contribution in [0.25, 0.3) is 0 Å². The fraction of sp³-hybridized carbons (Fsp3) is 0.562. The first-order valence-electron chi connectivity index (χ1n) is 7.51. The van der Waals surface area contributed by atoms with Gasteiger partial charge in [0.15, 0.2) is 0 Å². The van der Waals surface area contributed by atoms with E-state index in [-0.39, 0.29) is 12.1 Å². The van der Waals surface area contributed by atoms with Crippen LogP contribution in [-0.4, -0.2) is 37.7 Å². The summed E-state index contributed by atoms with van der Waals surface area (Å²) < 4.78 is 5.45. The second-order valence-electron chi connectivity index (χ2n) is 5.81. The SMILES string of the molecule is CC(N)c1cccc(NC(=O)N(C)CC2CCCOC2)c1. The van der Waals surface area contributed by atoms with Crippen LogP contribution in [0.15, 0.2) is 24.3 Å². The molecular weight excluding hydrogens is 266 g/mol. The summed E-state index contributed by atoms with van der Waals surface area (Å²) in [7, 11) is 1.82. The number of nitrogens with two attached hydrogens (primary N) is 1. The highest BCUT2D eigenvalue weighted by atomic mass is 16.5. The van der Waals surface area contributed by atoms with Crippen molar-refractivity contribution in [2.24, 2.45) is 11.7 Å². The van der Waals surface area contributed by atoms with E-state index in [9.17, 15) is 4.79 Å². The maximum absolute atomic E-state index is 12.2. The van der Waals surface area contributed by atoms with Crippen molar-refractivity contribution in [1.29, 1.82) is 0 Å². The molecule has 2 atom stereocenters. The van der Waals surface area contributed by atoms with Gasteiger partial charge in [0.25, 0.3) is 0 Å². The van der Waals surface area contributed by atoms with Crippen LogP contribution < -0.4 is 11.1 Å². The fourth-order valence-corrected chi connectivity index (χ4v) is 2.54. The highest BCUT2D eigenvalue weighted by Gasteiger charge is 2.18. The van der Waals surface area contributed by atoms with Crippen molar-refractivity contribution in [1.82, 2.24) is 4.90 Å². The van der Waals surface area contributed by atoms with E-state index in [1.807, 2.05) is 38.2 Å². The molecule has 21 heavy (non-hydrogen) atoms. The molecule has 2 rings (SSSR count). The monoisotopic (exact) mass is 291 g/mol. The maximum atomic E-state index is 12.2. The number of carbonyl (C=O) groups is 1. The summed E-state index contributed by atoms with van der Waals surface area (Å²) in [6, 6.07) is 7.52. The zero-order valence-corrected chi connectivity index (χ0v) is 12.8. The molecule has 0 aromatic heterocycles. The Balaban J connectivity index is 1.89. The average molecular weight is 291 g/mol. The average Bonchev–Trinajstić information content (AvgIpc) is 2.48. The normalized spacial score (nSPS) is 19.9. The Morgan fingerprint density at radius 3 is 3.05 bits per heavy atom. The number of urea groups is 1. The Labute approximate surface area is 126 Å². The Kier molecular flexibility index (Phi) is 5.59. The van der Waals surface area contributed by atoms with E-state index in [0.717, 1.165) is 43.9 Å². The number of anilines is 1. The molecular formula is C16H25N3O2. The van der Waals surface area contributed by atoms with Crippen molar-refractivity contribution in [3.8, 4) is 0 Å². The molecule has 5 heteroatoms. The third kappa shape index (κ3) is 4.72. The number of nitrogens with zero attached hydrogens (tertiary/aromatic N) is 1. The van der Waals surface area contributed by atoms with E-state index in [4.69, 9.17) is 10.5 Å². The topological polar surface area (TPSA) is 67.6 Å². The summed E-state index contributed by atoms with van der Waals surface area (Å²) in [6.07, 6.45) is 2.20. The van der Waals surface area contributed by atoms with Crippen molar-refractivity contribution in [3.05, 3.63) is 29.8 Å². The van der Waals surface area contributed by atoms with Crippen molar-refractivity contribution >= 4 is 11.7 Å². The minimum Gasteiger partial charge on any atom is -0.381 e. The second kappa shape index (κ2) is 7.43. The van der Waals surface area contributed by atoms with E-state index in [1.54, 1.807) is 4.90 Å². The van der Waals surface area contributed by atoms with Crippen LogP contribution in [0.1, 0.15) is 31.4 Å². The van der Waals surface area contributed by atoms with E-state index in [2.05, 4.69) is 5.32 Å². The minimum absolute atomic E-state index is 0.0426. The molecule has 1 aliphatic rings. The van der Waals surface area contributed by atoms with Crippen LogP contribution in [0.3, 0.4) is 0 Å². The minimum atomic E-state index is -0.0950. The van der Waals surface area contributed by atoms with E-state index < -0.39 is 0 Å². The molecule has 3 N–H and O–H groups in total. The third-order valence-electron chi connectivity index (χ3n) is 3.80. The van der Waals surface area contributed by atoms with E-state index >= 15 is 0 Å². The lowest BCUT2D eigenvalue weighted by atomic mass is 10.0. The second-order valence-corrected chi connectivity index (χ2v) is 5.81. The van der Waals surface area contributed by atoms with Crippen LogP contribution in [0, 0.1) is 5.92 Å². The number of amides is 2. The van der Waals surface area contributed by atoms with Crippen molar-refractivity contribution < 1.29 is 9.53 Å². The summed E-state index contributed by atoms with van der Waals surface area (Å²) in [6.45, 7) is 4.24. The Morgan fingerprint density at radius 1 is 1.57 bits per heavy atom. The molecule has 1 aromatic carbocycles. The van der Waals surface area contributed by atoms with E-state index in [1.165, 1.54) is 0 Å². The molecule has 1 saturated heterocycles. The van der Waals surface area contributed by atoms with Gasteiger partial charge < -0.3 is 20.7 Å². The smallest absolute Gasteiger partial charge is 0.321 e. The summed E-state index contributed by atoms with van der Waals surface area (Å²) in [5, 5.41) is 2.92. The van der Waals surface area contributed by atoms with Gasteiger partial charge in [0.1, 0.15) is 0 Å². The summed E-state index contributed by atoms with van der Waals surface area (Å²) in [5.41, 5.74) is 7.65.